The fourth-order valence-corrected chi connectivity index (χ4v) is 3.24. The Kier molecular flexibility index (Phi) is 4.33. The lowest BCUT2D eigenvalue weighted by Crippen LogP contribution is -2.22. The Morgan fingerprint density at radius 1 is 1.26 bits per heavy atom. The molecule has 0 amide bonds. The summed E-state index contributed by atoms with van der Waals surface area (Å²) in [4.78, 5) is 24.7. The quantitative estimate of drug-likeness (QED) is 0.618. The topological polar surface area (TPSA) is 72.4 Å². The lowest BCUT2D eigenvalue weighted by atomic mass is 10.1. The van der Waals surface area contributed by atoms with Gasteiger partial charge < -0.3 is 14.1 Å². The Balaban J connectivity index is 2.59. The molecule has 0 unspecified atom stereocenters. The van der Waals surface area contributed by atoms with Crippen molar-refractivity contribution in [1.82, 2.24) is 4.57 Å². The Morgan fingerprint density at radius 2 is 2.00 bits per heavy atom. The van der Waals surface area contributed by atoms with Crippen LogP contribution in [0.15, 0.2) is 41.2 Å². The first kappa shape index (κ1) is 16.3. The first-order valence-electron chi connectivity index (χ1n) is 7.13. The maximum atomic E-state index is 12.8. The van der Waals surface area contributed by atoms with Crippen LogP contribution in [0.3, 0.4) is 0 Å². The summed E-state index contributed by atoms with van der Waals surface area (Å²) < 4.78 is 7.54. The molecule has 2 heterocycles. The molecule has 0 fully saturated rings. The second-order valence-corrected chi connectivity index (χ2v) is 6.94. The molecule has 3 aromatic rings. The van der Waals surface area contributed by atoms with Crippen LogP contribution in [-0.2, 0) is 6.54 Å². The lowest BCUT2D eigenvalue weighted by Gasteiger charge is -2.13. The van der Waals surface area contributed by atoms with Gasteiger partial charge in [0.05, 0.1) is 5.52 Å². The number of nitrogens with zero attached hydrogens (tertiary/aromatic N) is 1. The molecule has 5 nitrogen and oxygen atoms in total. The fraction of sp³-hybridized carbons (Fsp3) is 0.250. The molecule has 0 atom stereocenters. The van der Waals surface area contributed by atoms with Crippen molar-refractivity contribution in [2.24, 2.45) is 0 Å². The van der Waals surface area contributed by atoms with Crippen molar-refractivity contribution in [1.29, 1.82) is 0 Å². The number of halogens is 2. The summed E-state index contributed by atoms with van der Waals surface area (Å²) in [6.45, 7) is 2.57. The summed E-state index contributed by atoms with van der Waals surface area (Å²) in [6.07, 6.45) is 1.76. The third kappa shape index (κ3) is 2.61. The van der Waals surface area contributed by atoms with Gasteiger partial charge in [-0.2, -0.15) is 0 Å². The van der Waals surface area contributed by atoms with Gasteiger partial charge in [-0.1, -0.05) is 29.3 Å². The van der Waals surface area contributed by atoms with E-state index in [0.29, 0.717) is 17.4 Å². The number of hydrogen-bond donors (Lipinski definition) is 1. The minimum absolute atomic E-state index is 0.0122. The van der Waals surface area contributed by atoms with Crippen molar-refractivity contribution in [3.8, 4) is 5.75 Å². The Morgan fingerprint density at radius 3 is 2.70 bits per heavy atom. The molecular weight excluding hydrogens is 430 g/mol. The van der Waals surface area contributed by atoms with E-state index in [4.69, 9.17) is 4.42 Å². The number of fused-ring (bicyclic) bond motifs is 3. The molecule has 0 aliphatic rings. The molecule has 0 aliphatic heterocycles. The van der Waals surface area contributed by atoms with Crippen LogP contribution in [-0.4, -0.2) is 9.67 Å². The predicted octanol–water partition coefficient (Wildman–Crippen LogP) is 4.14. The number of aromatic hydroxyl groups is 1. The van der Waals surface area contributed by atoms with Gasteiger partial charge in [-0.3, -0.25) is 4.79 Å². The summed E-state index contributed by atoms with van der Waals surface area (Å²) in [7, 11) is 0. The van der Waals surface area contributed by atoms with E-state index in [-0.39, 0.29) is 26.8 Å². The highest BCUT2D eigenvalue weighted by atomic mass is 79.9. The van der Waals surface area contributed by atoms with Crippen LogP contribution < -0.4 is 11.2 Å². The molecule has 0 saturated heterocycles. The Hall–Kier alpha value is -1.60. The third-order valence-electron chi connectivity index (χ3n) is 3.73. The number of hydrogen-bond acceptors (Lipinski definition) is 4. The van der Waals surface area contributed by atoms with Crippen molar-refractivity contribution in [3.05, 3.63) is 47.9 Å². The van der Waals surface area contributed by atoms with E-state index in [0.717, 1.165) is 17.3 Å². The average Bonchev–Trinajstić information content (AvgIpc) is 2.52. The maximum Gasteiger partial charge on any atom is 0.354 e. The summed E-state index contributed by atoms with van der Waals surface area (Å²) in [5.74, 6) is -0.381. The molecule has 0 spiro atoms. The molecule has 1 aromatic carbocycles. The van der Waals surface area contributed by atoms with Crippen LogP contribution in [0.4, 0.5) is 0 Å². The molecule has 0 radical (unpaired) electrons. The molecule has 7 heteroatoms. The highest BCUT2D eigenvalue weighted by molar-refractivity contribution is 9.10. The number of benzene rings is 1. The van der Waals surface area contributed by atoms with Gasteiger partial charge in [-0.25, -0.2) is 4.79 Å². The standard InChI is InChI=1S/C16H13Br2NO4/c1-2-3-6-19-10-5-4-8(17)7-9(10)14-11(15(19)21)13(20)12(18)16(22)23-14/h4-5,7,20H,2-3,6H2,1H3. The highest BCUT2D eigenvalue weighted by Crippen LogP contribution is 2.32. The maximum absolute atomic E-state index is 12.8. The summed E-state index contributed by atoms with van der Waals surface area (Å²) in [6, 6.07) is 5.40. The number of aryl methyl sites for hydroxylation is 1. The van der Waals surface area contributed by atoms with Gasteiger partial charge in [-0.05, 0) is 40.5 Å². The van der Waals surface area contributed by atoms with Crippen molar-refractivity contribution in [2.45, 2.75) is 26.3 Å². The summed E-state index contributed by atoms with van der Waals surface area (Å²) in [5, 5.41) is 10.9. The monoisotopic (exact) mass is 441 g/mol. The van der Waals surface area contributed by atoms with Crippen LogP contribution >= 0.6 is 31.9 Å². The van der Waals surface area contributed by atoms with Crippen LogP contribution in [0.25, 0.3) is 21.9 Å². The normalized spacial score (nSPS) is 11.4. The molecular formula is C16H13Br2NO4. The number of rotatable bonds is 3. The van der Waals surface area contributed by atoms with E-state index >= 15 is 0 Å². The van der Waals surface area contributed by atoms with Gasteiger partial charge in [0.25, 0.3) is 5.56 Å². The summed E-state index contributed by atoms with van der Waals surface area (Å²) >= 11 is 6.36. The molecule has 0 saturated carbocycles. The van der Waals surface area contributed by atoms with Crippen molar-refractivity contribution < 1.29 is 9.52 Å². The lowest BCUT2D eigenvalue weighted by molar-refractivity contribution is 0.461. The smallest absolute Gasteiger partial charge is 0.354 e. The molecule has 23 heavy (non-hydrogen) atoms. The molecule has 1 N–H and O–H groups in total. The highest BCUT2D eigenvalue weighted by Gasteiger charge is 2.20. The third-order valence-corrected chi connectivity index (χ3v) is 4.93. The Bertz CT molecular complexity index is 1040. The van der Waals surface area contributed by atoms with E-state index in [2.05, 4.69) is 31.9 Å². The molecule has 0 bridgehead atoms. The second-order valence-electron chi connectivity index (χ2n) is 5.23. The zero-order valence-corrected chi connectivity index (χ0v) is 15.4. The minimum Gasteiger partial charge on any atom is -0.506 e. The van der Waals surface area contributed by atoms with E-state index < -0.39 is 5.63 Å². The zero-order chi connectivity index (χ0) is 16.7. The molecule has 3 rings (SSSR count). The van der Waals surface area contributed by atoms with E-state index in [9.17, 15) is 14.7 Å². The average molecular weight is 443 g/mol. The fourth-order valence-electron chi connectivity index (χ4n) is 2.60. The van der Waals surface area contributed by atoms with Crippen LogP contribution in [0, 0.1) is 0 Å². The summed E-state index contributed by atoms with van der Waals surface area (Å²) in [5.41, 5.74) is -0.319. The van der Waals surface area contributed by atoms with Gasteiger partial charge in [0.2, 0.25) is 0 Å². The van der Waals surface area contributed by atoms with Crippen LogP contribution in [0.5, 0.6) is 5.75 Å². The number of unbranched alkanes of at least 4 members (excludes halogenated alkanes) is 1. The van der Waals surface area contributed by atoms with Gasteiger partial charge in [0.15, 0.2) is 11.3 Å². The van der Waals surface area contributed by atoms with Crippen LogP contribution in [0.2, 0.25) is 0 Å². The van der Waals surface area contributed by atoms with E-state index in [1.165, 1.54) is 0 Å². The van der Waals surface area contributed by atoms with Gasteiger partial charge in [-0.15, -0.1) is 0 Å². The predicted molar refractivity (Wildman–Crippen MR) is 96.2 cm³/mol. The van der Waals surface area contributed by atoms with Gasteiger partial charge >= 0.3 is 5.63 Å². The number of pyridine rings is 1. The van der Waals surface area contributed by atoms with Crippen molar-refractivity contribution in [2.75, 3.05) is 0 Å². The minimum atomic E-state index is -0.720. The molecule has 120 valence electrons. The van der Waals surface area contributed by atoms with Crippen LogP contribution in [0.1, 0.15) is 19.8 Å². The van der Waals surface area contributed by atoms with Gasteiger partial charge in [0.1, 0.15) is 9.86 Å². The first-order valence-corrected chi connectivity index (χ1v) is 8.71. The van der Waals surface area contributed by atoms with Gasteiger partial charge in [0, 0.05) is 16.4 Å². The zero-order valence-electron chi connectivity index (χ0n) is 12.2. The van der Waals surface area contributed by atoms with E-state index in [1.807, 2.05) is 13.0 Å². The second kappa shape index (κ2) is 6.13. The SMILES string of the molecule is CCCCn1c(=O)c2c(O)c(Br)c(=O)oc2c2cc(Br)ccc21. The first-order chi connectivity index (χ1) is 11.0. The van der Waals surface area contributed by atoms with E-state index in [1.54, 1.807) is 16.7 Å². The van der Waals surface area contributed by atoms with Crippen molar-refractivity contribution >= 4 is 53.7 Å². The Labute approximate surface area is 147 Å². The largest absolute Gasteiger partial charge is 0.506 e. The molecule has 2 aromatic heterocycles. The molecule has 0 aliphatic carbocycles. The number of aromatic nitrogens is 1. The van der Waals surface area contributed by atoms with Crippen molar-refractivity contribution in [3.63, 3.8) is 0 Å².